The van der Waals surface area contributed by atoms with Crippen LogP contribution in [0.25, 0.3) is 0 Å². The van der Waals surface area contributed by atoms with E-state index in [4.69, 9.17) is 0 Å². The van der Waals surface area contributed by atoms with Crippen molar-refractivity contribution in [1.29, 1.82) is 0 Å². The molecule has 0 aliphatic heterocycles. The van der Waals surface area contributed by atoms with Crippen LogP contribution in [0.2, 0.25) is 0 Å². The largest absolute Gasteiger partial charge is 1.00 e. The van der Waals surface area contributed by atoms with E-state index in [0.717, 1.165) is 32.1 Å². The van der Waals surface area contributed by atoms with Gasteiger partial charge in [0.1, 0.15) is 0 Å². The smallest absolute Gasteiger partial charge is 0.748 e. The van der Waals surface area contributed by atoms with Crippen LogP contribution in [-0.2, 0) is 10.1 Å². The number of hydrogen-bond acceptors (Lipinski definition) is 4. The minimum atomic E-state index is -4.19. The maximum Gasteiger partial charge on any atom is 1.00 e. The number of aliphatic hydroxyl groups is 1. The first-order valence-corrected chi connectivity index (χ1v) is 12.0. The summed E-state index contributed by atoms with van der Waals surface area (Å²) in [5.41, 5.74) is 0. The van der Waals surface area contributed by atoms with Crippen molar-refractivity contribution >= 4 is 10.1 Å². The van der Waals surface area contributed by atoms with Gasteiger partial charge in [0.15, 0.2) is 0 Å². The van der Waals surface area contributed by atoms with Gasteiger partial charge < -0.3 is 9.66 Å². The van der Waals surface area contributed by atoms with Gasteiger partial charge in [0, 0.05) is 5.25 Å². The zero-order chi connectivity index (χ0) is 19.0. The number of aliphatic hydroxyl groups excluding tert-OH is 1. The second-order valence-electron chi connectivity index (χ2n) is 7.43. The quantitative estimate of drug-likeness (QED) is 0.218. The van der Waals surface area contributed by atoms with Crippen molar-refractivity contribution in [2.45, 2.75) is 128 Å². The third-order valence-corrected chi connectivity index (χ3v) is 6.36. The Balaban J connectivity index is 0. The number of unbranched alkanes of at least 4 members (excludes halogenated alkanes) is 10. The average molecular weight is 401 g/mol. The summed E-state index contributed by atoms with van der Waals surface area (Å²) >= 11 is 0. The van der Waals surface area contributed by atoms with Crippen LogP contribution in [0.3, 0.4) is 0 Å². The fourth-order valence-corrected chi connectivity index (χ4v) is 4.16. The molecular formula is C20H41NaO4S. The normalized spacial score (nSPS) is 14.0. The van der Waals surface area contributed by atoms with Gasteiger partial charge in [-0.2, -0.15) is 0 Å². The first-order chi connectivity index (χ1) is 11.9. The standard InChI is InChI=1S/C20H42O4S.Na/c1-3-5-6-7-8-9-10-11-12-13-17-20(25(22,23)24)18-15-14-16-19(21)4-2;/h19-21H,3-18H2,1-2H3,(H,22,23,24);/q;+1/p-1. The first-order valence-electron chi connectivity index (χ1n) is 10.5. The molecule has 0 aliphatic rings. The van der Waals surface area contributed by atoms with Crippen molar-refractivity contribution in [2.75, 3.05) is 0 Å². The summed E-state index contributed by atoms with van der Waals surface area (Å²) in [6.45, 7) is 4.16. The Labute approximate surface area is 185 Å². The van der Waals surface area contributed by atoms with Crippen molar-refractivity contribution < 1.29 is 47.6 Å². The molecule has 0 aromatic carbocycles. The molecule has 0 aliphatic carbocycles. The van der Waals surface area contributed by atoms with Crippen molar-refractivity contribution in [3.05, 3.63) is 0 Å². The Bertz CT molecular complexity index is 387. The van der Waals surface area contributed by atoms with Gasteiger partial charge in [0.25, 0.3) is 0 Å². The Morgan fingerprint density at radius 3 is 1.54 bits per heavy atom. The van der Waals surface area contributed by atoms with E-state index in [0.29, 0.717) is 25.7 Å². The van der Waals surface area contributed by atoms with Gasteiger partial charge in [-0.15, -0.1) is 0 Å². The SMILES string of the molecule is CCCCCCCCCCCCC(CCCCC(O)CC)S(=O)(=O)[O-].[Na+]. The molecule has 0 aromatic heterocycles. The molecule has 0 fully saturated rings. The van der Waals surface area contributed by atoms with Crippen LogP contribution in [0.5, 0.6) is 0 Å². The van der Waals surface area contributed by atoms with E-state index >= 15 is 0 Å². The molecule has 0 rings (SSSR count). The Kier molecular flexibility index (Phi) is 21.5. The van der Waals surface area contributed by atoms with Crippen molar-refractivity contribution in [3.8, 4) is 0 Å². The molecule has 0 bridgehead atoms. The summed E-state index contributed by atoms with van der Waals surface area (Å²) in [6, 6.07) is 0. The van der Waals surface area contributed by atoms with E-state index in [2.05, 4.69) is 6.92 Å². The van der Waals surface area contributed by atoms with Gasteiger partial charge in [0.2, 0.25) is 0 Å². The van der Waals surface area contributed by atoms with Gasteiger partial charge in [-0.1, -0.05) is 90.9 Å². The van der Waals surface area contributed by atoms with Gasteiger partial charge in [-0.25, -0.2) is 8.42 Å². The fourth-order valence-electron chi connectivity index (χ4n) is 3.25. The molecule has 0 amide bonds. The van der Waals surface area contributed by atoms with Crippen LogP contribution in [0, 0.1) is 0 Å². The van der Waals surface area contributed by atoms with Crippen molar-refractivity contribution in [3.63, 3.8) is 0 Å². The molecule has 0 aromatic rings. The molecular weight excluding hydrogens is 359 g/mol. The van der Waals surface area contributed by atoms with Crippen LogP contribution in [-0.4, -0.2) is 29.4 Å². The predicted octanol–water partition coefficient (Wildman–Crippen LogP) is 2.55. The minimum Gasteiger partial charge on any atom is -0.748 e. The van der Waals surface area contributed by atoms with Gasteiger partial charge in [-0.3, -0.25) is 0 Å². The summed E-state index contributed by atoms with van der Waals surface area (Å²) in [5, 5.41) is 8.77. The summed E-state index contributed by atoms with van der Waals surface area (Å²) in [4.78, 5) is 0. The molecule has 4 nitrogen and oxygen atoms in total. The molecule has 2 atom stereocenters. The Morgan fingerprint density at radius 2 is 1.12 bits per heavy atom. The van der Waals surface area contributed by atoms with Crippen LogP contribution < -0.4 is 29.6 Å². The second kappa shape index (κ2) is 19.2. The predicted molar refractivity (Wildman–Crippen MR) is 105 cm³/mol. The van der Waals surface area contributed by atoms with E-state index in [1.54, 1.807) is 0 Å². The first kappa shape index (κ1) is 29.1. The molecule has 1 N–H and O–H groups in total. The zero-order valence-corrected chi connectivity index (χ0v) is 20.4. The molecule has 0 heterocycles. The average Bonchev–Trinajstić information content (AvgIpc) is 2.56. The van der Waals surface area contributed by atoms with Gasteiger partial charge >= 0.3 is 29.6 Å². The molecule has 0 saturated carbocycles. The third-order valence-electron chi connectivity index (χ3n) is 5.07. The monoisotopic (exact) mass is 400 g/mol. The Morgan fingerprint density at radius 1 is 0.731 bits per heavy atom. The van der Waals surface area contributed by atoms with Crippen LogP contribution in [0.1, 0.15) is 117 Å². The molecule has 0 spiro atoms. The number of rotatable bonds is 18. The maximum atomic E-state index is 11.4. The molecule has 6 heteroatoms. The number of hydrogen-bond donors (Lipinski definition) is 1. The molecule has 26 heavy (non-hydrogen) atoms. The summed E-state index contributed by atoms with van der Waals surface area (Å²) in [5.74, 6) is 0. The third kappa shape index (κ3) is 18.2. The van der Waals surface area contributed by atoms with Crippen molar-refractivity contribution in [2.24, 2.45) is 0 Å². The minimum absolute atomic E-state index is 0. The van der Waals surface area contributed by atoms with E-state index < -0.39 is 15.4 Å². The maximum absolute atomic E-state index is 11.4. The van der Waals surface area contributed by atoms with E-state index in [1.807, 2.05) is 6.92 Å². The van der Waals surface area contributed by atoms with Crippen LogP contribution >= 0.6 is 0 Å². The zero-order valence-electron chi connectivity index (χ0n) is 17.5. The molecule has 2 unspecified atom stereocenters. The second-order valence-corrected chi connectivity index (χ2v) is 9.08. The van der Waals surface area contributed by atoms with E-state index in [-0.39, 0.29) is 35.7 Å². The summed E-state index contributed by atoms with van der Waals surface area (Å²) < 4.78 is 34.2. The fraction of sp³-hybridized carbons (Fsp3) is 1.00. The van der Waals surface area contributed by atoms with Gasteiger partial charge in [-0.05, 0) is 25.7 Å². The molecule has 152 valence electrons. The van der Waals surface area contributed by atoms with E-state index in [9.17, 15) is 18.1 Å². The van der Waals surface area contributed by atoms with E-state index in [1.165, 1.54) is 44.9 Å². The van der Waals surface area contributed by atoms with Crippen LogP contribution in [0.15, 0.2) is 0 Å². The summed E-state index contributed by atoms with van der Waals surface area (Å²) in [7, 11) is -4.19. The topological polar surface area (TPSA) is 77.4 Å². The van der Waals surface area contributed by atoms with Crippen LogP contribution in [0.4, 0.5) is 0 Å². The Hall–Kier alpha value is 0.870. The summed E-state index contributed by atoms with van der Waals surface area (Å²) in [6.07, 6.45) is 15.6. The molecule has 0 saturated heterocycles. The van der Waals surface area contributed by atoms with Gasteiger partial charge in [0.05, 0.1) is 16.2 Å². The van der Waals surface area contributed by atoms with Crippen molar-refractivity contribution in [1.82, 2.24) is 0 Å². The molecule has 0 radical (unpaired) electrons.